The van der Waals surface area contributed by atoms with Gasteiger partial charge in [0.1, 0.15) is 5.75 Å². The first-order valence-electron chi connectivity index (χ1n) is 8.04. The Labute approximate surface area is 137 Å². The Hall–Kier alpha value is -0.750. The summed E-state index contributed by atoms with van der Waals surface area (Å²) in [4.78, 5) is 3.71. The van der Waals surface area contributed by atoms with Crippen LogP contribution in [0.4, 0.5) is 0 Å². The maximum Gasteiger partial charge on any atom is 0.123 e. The van der Waals surface area contributed by atoms with Gasteiger partial charge in [0, 0.05) is 35.6 Å². The third-order valence-electron chi connectivity index (χ3n) is 5.13. The van der Waals surface area contributed by atoms with Gasteiger partial charge in [-0.05, 0) is 49.8 Å². The number of fused-ring (bicyclic) bond motifs is 3. The lowest BCUT2D eigenvalue weighted by Crippen LogP contribution is -2.60. The van der Waals surface area contributed by atoms with E-state index in [1.165, 1.54) is 16.9 Å². The van der Waals surface area contributed by atoms with Crippen LogP contribution in [0.25, 0.3) is 0 Å². The Morgan fingerprint density at radius 1 is 1.45 bits per heavy atom. The lowest BCUT2D eigenvalue weighted by atomic mass is 9.80. The minimum absolute atomic E-state index is 0.298. The standard InChI is InChI=1S/C17H26N2O2S/c1-21-17-4-3-15(22-2)8-13(17)9-18-16-10-19-6-5-12(16)7-14(19)11-20/h3-4,8,12,14,16,18,20H,5-7,9-11H2,1-2H3. The topological polar surface area (TPSA) is 44.7 Å². The number of rotatable bonds is 6. The van der Waals surface area contributed by atoms with Crippen molar-refractivity contribution in [3.05, 3.63) is 23.8 Å². The van der Waals surface area contributed by atoms with Crippen LogP contribution in [0.15, 0.2) is 23.1 Å². The van der Waals surface area contributed by atoms with E-state index in [2.05, 4.69) is 34.7 Å². The van der Waals surface area contributed by atoms with E-state index in [0.717, 1.165) is 31.8 Å². The maximum absolute atomic E-state index is 9.45. The van der Waals surface area contributed by atoms with Crippen molar-refractivity contribution in [3.8, 4) is 5.75 Å². The number of nitrogens with one attached hydrogen (secondary N) is 1. The highest BCUT2D eigenvalue weighted by Gasteiger charge is 2.39. The highest BCUT2D eigenvalue weighted by Crippen LogP contribution is 2.32. The molecule has 1 aromatic rings. The maximum atomic E-state index is 9.45. The van der Waals surface area contributed by atoms with Gasteiger partial charge in [-0.2, -0.15) is 0 Å². The molecule has 22 heavy (non-hydrogen) atoms. The van der Waals surface area contributed by atoms with Gasteiger partial charge >= 0.3 is 0 Å². The van der Waals surface area contributed by atoms with Gasteiger partial charge in [-0.1, -0.05) is 0 Å². The fourth-order valence-corrected chi connectivity index (χ4v) is 4.28. The highest BCUT2D eigenvalue weighted by molar-refractivity contribution is 7.98. The summed E-state index contributed by atoms with van der Waals surface area (Å²) in [5.74, 6) is 1.65. The molecule has 3 fully saturated rings. The van der Waals surface area contributed by atoms with Gasteiger partial charge < -0.3 is 15.2 Å². The molecule has 3 aliphatic heterocycles. The van der Waals surface area contributed by atoms with Crippen molar-refractivity contribution in [2.75, 3.05) is 33.1 Å². The Bertz CT molecular complexity index is 511. The van der Waals surface area contributed by atoms with E-state index in [0.29, 0.717) is 24.6 Å². The molecular formula is C17H26N2O2S. The smallest absolute Gasteiger partial charge is 0.123 e. The molecule has 0 amide bonds. The fourth-order valence-electron chi connectivity index (χ4n) is 3.82. The average molecular weight is 322 g/mol. The summed E-state index contributed by atoms with van der Waals surface area (Å²) in [5.41, 5.74) is 1.23. The van der Waals surface area contributed by atoms with Gasteiger partial charge in [-0.3, -0.25) is 4.90 Å². The van der Waals surface area contributed by atoms with E-state index in [1.807, 2.05) is 0 Å². The average Bonchev–Trinajstić information content (AvgIpc) is 2.59. The molecule has 3 aliphatic rings. The molecular weight excluding hydrogens is 296 g/mol. The molecule has 122 valence electrons. The Balaban J connectivity index is 1.64. The number of thioether (sulfide) groups is 1. The van der Waals surface area contributed by atoms with Gasteiger partial charge in [-0.25, -0.2) is 0 Å². The van der Waals surface area contributed by atoms with Crippen molar-refractivity contribution >= 4 is 11.8 Å². The molecule has 3 saturated heterocycles. The van der Waals surface area contributed by atoms with E-state index in [9.17, 15) is 5.11 Å². The molecule has 5 heteroatoms. The summed E-state index contributed by atoms with van der Waals surface area (Å²) in [7, 11) is 1.73. The molecule has 4 atom stereocenters. The predicted molar refractivity (Wildman–Crippen MR) is 90.6 cm³/mol. The number of hydrogen-bond donors (Lipinski definition) is 2. The Kier molecular flexibility index (Phi) is 5.29. The third kappa shape index (κ3) is 3.27. The summed E-state index contributed by atoms with van der Waals surface area (Å²) < 4.78 is 5.49. The van der Waals surface area contributed by atoms with Crippen LogP contribution in [-0.4, -0.2) is 55.2 Å². The summed E-state index contributed by atoms with van der Waals surface area (Å²) in [6.45, 7) is 3.34. The fraction of sp³-hybridized carbons (Fsp3) is 0.647. The van der Waals surface area contributed by atoms with Crippen LogP contribution in [0.2, 0.25) is 0 Å². The lowest BCUT2D eigenvalue weighted by Gasteiger charge is -2.49. The molecule has 3 heterocycles. The second kappa shape index (κ2) is 7.21. The third-order valence-corrected chi connectivity index (χ3v) is 5.86. The van der Waals surface area contributed by atoms with E-state index >= 15 is 0 Å². The molecule has 2 bridgehead atoms. The monoisotopic (exact) mass is 322 g/mol. The second-order valence-electron chi connectivity index (χ2n) is 6.28. The number of benzene rings is 1. The van der Waals surface area contributed by atoms with Crippen molar-refractivity contribution in [1.29, 1.82) is 0 Å². The summed E-state index contributed by atoms with van der Waals surface area (Å²) in [6.07, 6.45) is 4.47. The molecule has 0 radical (unpaired) electrons. The van der Waals surface area contributed by atoms with Gasteiger partial charge in [0.2, 0.25) is 0 Å². The molecule has 1 aromatic carbocycles. The normalized spacial score (nSPS) is 30.5. The van der Waals surface area contributed by atoms with Crippen LogP contribution in [0.5, 0.6) is 5.75 Å². The summed E-state index contributed by atoms with van der Waals surface area (Å²) in [6, 6.07) is 7.29. The quantitative estimate of drug-likeness (QED) is 0.784. The van der Waals surface area contributed by atoms with Crippen molar-refractivity contribution in [1.82, 2.24) is 10.2 Å². The zero-order chi connectivity index (χ0) is 15.5. The van der Waals surface area contributed by atoms with E-state index < -0.39 is 0 Å². The summed E-state index contributed by atoms with van der Waals surface area (Å²) in [5, 5.41) is 13.2. The highest BCUT2D eigenvalue weighted by atomic mass is 32.2. The number of aliphatic hydroxyl groups is 1. The van der Waals surface area contributed by atoms with Crippen molar-refractivity contribution in [2.24, 2.45) is 5.92 Å². The van der Waals surface area contributed by atoms with Gasteiger partial charge in [0.25, 0.3) is 0 Å². The van der Waals surface area contributed by atoms with Gasteiger partial charge in [0.15, 0.2) is 0 Å². The number of nitrogens with zero attached hydrogens (tertiary/aromatic N) is 1. The molecule has 0 spiro atoms. The minimum atomic E-state index is 0.298. The molecule has 0 aromatic heterocycles. The number of hydrogen-bond acceptors (Lipinski definition) is 5. The first kappa shape index (κ1) is 16.1. The number of piperidine rings is 3. The lowest BCUT2D eigenvalue weighted by molar-refractivity contribution is -0.00535. The molecule has 4 nitrogen and oxygen atoms in total. The number of methoxy groups -OCH3 is 1. The van der Waals surface area contributed by atoms with Crippen LogP contribution >= 0.6 is 11.8 Å². The van der Waals surface area contributed by atoms with Crippen LogP contribution < -0.4 is 10.1 Å². The Morgan fingerprint density at radius 3 is 2.95 bits per heavy atom. The summed E-state index contributed by atoms with van der Waals surface area (Å²) >= 11 is 1.76. The number of aliphatic hydroxyl groups excluding tert-OH is 1. The molecule has 4 rings (SSSR count). The second-order valence-corrected chi connectivity index (χ2v) is 7.16. The molecule has 0 saturated carbocycles. The number of ether oxygens (including phenoxy) is 1. The van der Waals surface area contributed by atoms with Crippen LogP contribution in [0.3, 0.4) is 0 Å². The Morgan fingerprint density at radius 2 is 2.32 bits per heavy atom. The van der Waals surface area contributed by atoms with E-state index in [1.54, 1.807) is 18.9 Å². The molecule has 2 N–H and O–H groups in total. The SMILES string of the molecule is COc1ccc(SC)cc1CNC1CN2CCC1CC2CO. The molecule has 0 aliphatic carbocycles. The first-order chi connectivity index (χ1) is 10.7. The van der Waals surface area contributed by atoms with Gasteiger partial charge in [-0.15, -0.1) is 11.8 Å². The van der Waals surface area contributed by atoms with Crippen molar-refractivity contribution in [3.63, 3.8) is 0 Å². The van der Waals surface area contributed by atoms with Crippen molar-refractivity contribution < 1.29 is 9.84 Å². The largest absolute Gasteiger partial charge is 0.496 e. The van der Waals surface area contributed by atoms with Crippen LogP contribution in [0.1, 0.15) is 18.4 Å². The van der Waals surface area contributed by atoms with Gasteiger partial charge in [0.05, 0.1) is 13.7 Å². The predicted octanol–water partition coefficient (Wildman–Crippen LogP) is 1.96. The van der Waals surface area contributed by atoms with E-state index in [4.69, 9.17) is 4.74 Å². The van der Waals surface area contributed by atoms with Crippen LogP contribution in [-0.2, 0) is 6.54 Å². The van der Waals surface area contributed by atoms with Crippen LogP contribution in [0, 0.1) is 5.92 Å². The zero-order valence-electron chi connectivity index (χ0n) is 13.4. The zero-order valence-corrected chi connectivity index (χ0v) is 14.2. The molecule has 4 unspecified atom stereocenters. The minimum Gasteiger partial charge on any atom is -0.496 e. The van der Waals surface area contributed by atoms with Crippen molar-refractivity contribution in [2.45, 2.75) is 36.4 Å². The first-order valence-corrected chi connectivity index (χ1v) is 9.26. The van der Waals surface area contributed by atoms with E-state index in [-0.39, 0.29) is 0 Å².